The molecule has 0 amide bonds. The van der Waals surface area contributed by atoms with Crippen LogP contribution in [0, 0.1) is 13.8 Å². The Morgan fingerprint density at radius 1 is 0.465 bits per heavy atom. The number of benzene rings is 5. The normalized spacial score (nSPS) is 11.5. The number of rotatable bonds is 25. The number of hydrogen-bond acceptors (Lipinski definition) is 8. The molecular weight excluding hydrogens is 924 g/mol. The first kappa shape index (κ1) is 61.9. The van der Waals surface area contributed by atoms with Gasteiger partial charge in [-0.25, -0.2) is 0 Å². The van der Waals surface area contributed by atoms with Crippen molar-refractivity contribution in [3.05, 3.63) is 141 Å². The van der Waals surface area contributed by atoms with E-state index in [9.17, 15) is 9.59 Å². The molecule has 0 fully saturated rings. The van der Waals surface area contributed by atoms with Gasteiger partial charge in [0.2, 0.25) is 0 Å². The standard InChI is InChI=1S/C32H43N4O.C25H35Cl2N4O.2CH4/c1-7-35(23-27-14-12-11-13-15-27)30-18-16-29(17-19-30)33-34-32-25(5)20-28(21-26(32)6)22-31(37)24-36(8-2,9-3)10-4;1-6-30(7-2)21-13-11-20(12-14-21)28-29-25-23(26)16-19(17-24(25)27)15-22(32)18-31(8-3,9-4)10-5;;/h11-21H,7-10,22-24H2,1-6H3;11-14,16-17H,6-10,15,18H2,1-5H3;2*1H4/q2*+1;;. The Bertz CT molecular complexity index is 2380. The van der Waals surface area contributed by atoms with Gasteiger partial charge in [0.05, 0.1) is 66.4 Å². The second-order valence-corrected chi connectivity index (χ2v) is 18.7. The number of carbonyl (C=O) groups excluding carboxylic acids is 2. The van der Waals surface area contributed by atoms with Crippen LogP contribution < -0.4 is 9.80 Å². The molecule has 5 rings (SSSR count). The first-order chi connectivity index (χ1) is 33.1. The zero-order valence-electron chi connectivity index (χ0n) is 43.4. The van der Waals surface area contributed by atoms with Gasteiger partial charge in [0.15, 0.2) is 11.6 Å². The third-order valence-corrected chi connectivity index (χ3v) is 14.4. The molecule has 0 saturated heterocycles. The zero-order chi connectivity index (χ0) is 50.6. The minimum Gasteiger partial charge on any atom is -0.372 e. The largest absolute Gasteiger partial charge is 0.372 e. The molecule has 0 bridgehead atoms. The molecular formula is C59H86Cl2N8O2+2. The van der Waals surface area contributed by atoms with Crippen LogP contribution in [0.2, 0.25) is 10.0 Å². The summed E-state index contributed by atoms with van der Waals surface area (Å²) >= 11 is 12.9. The third kappa shape index (κ3) is 18.1. The second-order valence-electron chi connectivity index (χ2n) is 17.9. The number of carbonyl (C=O) groups is 2. The van der Waals surface area contributed by atoms with Crippen LogP contribution in [0.5, 0.6) is 0 Å². The fraction of sp³-hybridized carbons (Fsp3) is 0.458. The lowest BCUT2D eigenvalue weighted by molar-refractivity contribution is -0.915. The number of anilines is 2. The molecule has 0 unspecified atom stereocenters. The first-order valence-electron chi connectivity index (χ1n) is 25.0. The van der Waals surface area contributed by atoms with Gasteiger partial charge < -0.3 is 18.8 Å². The van der Waals surface area contributed by atoms with E-state index in [2.05, 4.69) is 141 Å². The molecule has 0 aliphatic heterocycles. The van der Waals surface area contributed by atoms with Crippen LogP contribution in [-0.4, -0.2) is 92.5 Å². The lowest BCUT2D eigenvalue weighted by Crippen LogP contribution is -2.51. The van der Waals surface area contributed by atoms with Gasteiger partial charge in [0.25, 0.3) is 0 Å². The molecule has 10 nitrogen and oxygen atoms in total. The van der Waals surface area contributed by atoms with Gasteiger partial charge in [0, 0.05) is 50.4 Å². The van der Waals surface area contributed by atoms with Gasteiger partial charge >= 0.3 is 0 Å². The minimum absolute atomic E-state index is 0. The predicted molar refractivity (Wildman–Crippen MR) is 305 cm³/mol. The van der Waals surface area contributed by atoms with Crippen molar-refractivity contribution in [1.82, 2.24) is 0 Å². The van der Waals surface area contributed by atoms with Crippen molar-refractivity contribution in [2.24, 2.45) is 20.5 Å². The average molecular weight is 1010 g/mol. The molecule has 0 aliphatic carbocycles. The van der Waals surface area contributed by atoms with E-state index in [-0.39, 0.29) is 20.6 Å². The number of azo groups is 2. The Morgan fingerprint density at radius 3 is 1.21 bits per heavy atom. The molecule has 5 aromatic rings. The maximum Gasteiger partial charge on any atom is 0.191 e. The SMILES string of the molecule is C.C.CCN(CC)c1ccc(N=Nc2c(Cl)cc(CC(=O)C[N+](CC)(CC)CC)cc2Cl)cc1.CCN(Cc1ccccc1)c1ccc(N=Nc2c(C)cc(CC(=O)C[N+](CC)(CC)CC)cc2C)cc1. The van der Waals surface area contributed by atoms with Crippen molar-refractivity contribution in [2.75, 3.05) is 81.8 Å². The Balaban J connectivity index is 0.000000478. The molecule has 0 N–H and O–H groups in total. The van der Waals surface area contributed by atoms with Gasteiger partial charge in [-0.15, -0.1) is 5.11 Å². The van der Waals surface area contributed by atoms with Crippen LogP contribution in [0.4, 0.5) is 34.1 Å². The Kier molecular flexibility index (Phi) is 26.6. The summed E-state index contributed by atoms with van der Waals surface area (Å²) in [7, 11) is 0. The summed E-state index contributed by atoms with van der Waals surface area (Å²) in [6, 6.07) is 34.4. The monoisotopic (exact) mass is 1010 g/mol. The highest BCUT2D eigenvalue weighted by Crippen LogP contribution is 2.36. The fourth-order valence-electron chi connectivity index (χ4n) is 8.90. The fourth-order valence-corrected chi connectivity index (χ4v) is 9.51. The van der Waals surface area contributed by atoms with Gasteiger partial charge in [-0.1, -0.05) is 80.5 Å². The molecule has 71 heavy (non-hydrogen) atoms. The predicted octanol–water partition coefficient (Wildman–Crippen LogP) is 16.2. The number of nitrogens with zero attached hydrogens (tertiary/aromatic N) is 8. The first-order valence-corrected chi connectivity index (χ1v) is 25.8. The van der Waals surface area contributed by atoms with E-state index in [1.54, 1.807) is 12.1 Å². The highest BCUT2D eigenvalue weighted by molar-refractivity contribution is 6.38. The maximum atomic E-state index is 12.9. The van der Waals surface area contributed by atoms with Crippen LogP contribution in [0.15, 0.2) is 124 Å². The quantitative estimate of drug-likeness (QED) is 0.0430. The minimum atomic E-state index is 0. The summed E-state index contributed by atoms with van der Waals surface area (Å²) < 4.78 is 1.64. The van der Waals surface area contributed by atoms with Gasteiger partial charge in [0.1, 0.15) is 18.8 Å². The molecule has 0 atom stereocenters. The second kappa shape index (κ2) is 30.6. The van der Waals surface area contributed by atoms with Gasteiger partial charge in [-0.2, -0.15) is 15.3 Å². The summed E-state index contributed by atoms with van der Waals surface area (Å²) in [5.41, 5.74) is 10.4. The van der Waals surface area contributed by atoms with E-state index in [0.717, 1.165) is 119 Å². The van der Waals surface area contributed by atoms with E-state index in [1.807, 2.05) is 56.3 Å². The van der Waals surface area contributed by atoms with Crippen LogP contribution in [-0.2, 0) is 29.0 Å². The third-order valence-electron chi connectivity index (χ3n) is 13.8. The number of aryl methyl sites for hydroxylation is 2. The average Bonchev–Trinajstić information content (AvgIpc) is 3.35. The number of likely N-dealkylation sites (N-methyl/N-ethyl adjacent to an activating group) is 2. The Hall–Kier alpha value is -5.26. The van der Waals surface area contributed by atoms with Crippen LogP contribution >= 0.6 is 23.2 Å². The molecule has 0 radical (unpaired) electrons. The van der Waals surface area contributed by atoms with E-state index in [4.69, 9.17) is 23.2 Å². The van der Waals surface area contributed by atoms with Crippen LogP contribution in [0.3, 0.4) is 0 Å². The lowest BCUT2D eigenvalue weighted by Gasteiger charge is -2.35. The topological polar surface area (TPSA) is 90.1 Å². The van der Waals surface area contributed by atoms with Crippen molar-refractivity contribution in [3.8, 4) is 0 Å². The number of halogens is 2. The zero-order valence-corrected chi connectivity index (χ0v) is 44.9. The van der Waals surface area contributed by atoms with Crippen molar-refractivity contribution in [1.29, 1.82) is 0 Å². The van der Waals surface area contributed by atoms with E-state index in [1.165, 1.54) is 11.3 Å². The summed E-state index contributed by atoms with van der Waals surface area (Å²) in [4.78, 5) is 30.2. The van der Waals surface area contributed by atoms with Gasteiger partial charge in [-0.3, -0.25) is 9.59 Å². The summed E-state index contributed by atoms with van der Waals surface area (Å²) in [5.74, 6) is 0.484. The molecule has 0 saturated carbocycles. The molecule has 0 aliphatic rings. The molecule has 0 aromatic heterocycles. The number of Topliss-reactive ketones (excluding diaryl/α,β-unsaturated/α-hetero) is 2. The Labute approximate surface area is 439 Å². The molecule has 386 valence electrons. The van der Waals surface area contributed by atoms with E-state index in [0.29, 0.717) is 47.4 Å². The highest BCUT2D eigenvalue weighted by atomic mass is 35.5. The molecule has 0 spiro atoms. The summed E-state index contributed by atoms with van der Waals surface area (Å²) in [6.07, 6.45) is 0.779. The van der Waals surface area contributed by atoms with Crippen molar-refractivity contribution < 1.29 is 18.6 Å². The van der Waals surface area contributed by atoms with E-state index < -0.39 is 0 Å². The van der Waals surface area contributed by atoms with Crippen molar-refractivity contribution in [2.45, 2.75) is 110 Å². The highest BCUT2D eigenvalue weighted by Gasteiger charge is 2.26. The van der Waals surface area contributed by atoms with E-state index >= 15 is 0 Å². The Morgan fingerprint density at radius 2 is 0.831 bits per heavy atom. The van der Waals surface area contributed by atoms with Crippen LogP contribution in [0.1, 0.15) is 105 Å². The summed E-state index contributed by atoms with van der Waals surface area (Å²) in [6.45, 7) is 34.0. The maximum absolute atomic E-state index is 12.9. The smallest absolute Gasteiger partial charge is 0.191 e. The summed E-state index contributed by atoms with van der Waals surface area (Å²) in [5, 5.41) is 18.4. The number of ketones is 2. The molecule has 5 aromatic carbocycles. The molecule has 0 heterocycles. The lowest BCUT2D eigenvalue weighted by atomic mass is 10.0. The van der Waals surface area contributed by atoms with Crippen molar-refractivity contribution in [3.63, 3.8) is 0 Å². The number of hydrogen-bond donors (Lipinski definition) is 0. The van der Waals surface area contributed by atoms with Gasteiger partial charge in [-0.05, 0) is 165 Å². The van der Waals surface area contributed by atoms with Crippen molar-refractivity contribution >= 4 is 68.9 Å². The molecule has 12 heteroatoms. The van der Waals surface area contributed by atoms with Crippen LogP contribution in [0.25, 0.3) is 0 Å². The number of quaternary nitrogens is 2.